The highest BCUT2D eigenvalue weighted by molar-refractivity contribution is 5.80. The summed E-state index contributed by atoms with van der Waals surface area (Å²) in [7, 11) is 1.63. The van der Waals surface area contributed by atoms with Crippen LogP contribution in [-0.4, -0.2) is 13.1 Å². The second-order valence-electron chi connectivity index (χ2n) is 4.90. The standard InChI is InChI=1S/C17H16O3/c1-19-14-9-7-12(8-10-14)15-11-16(20-17(15)18)13-5-3-2-4-6-13/h2-10,15-16H,11H2,1H3/t15-,16-/m1/s1. The molecule has 0 saturated carbocycles. The Hall–Kier alpha value is -2.29. The number of carbonyl (C=O) groups is 1. The van der Waals surface area contributed by atoms with E-state index in [0.717, 1.165) is 16.9 Å². The Labute approximate surface area is 118 Å². The van der Waals surface area contributed by atoms with E-state index in [9.17, 15) is 4.79 Å². The highest BCUT2D eigenvalue weighted by Gasteiger charge is 2.36. The lowest BCUT2D eigenvalue weighted by molar-refractivity contribution is -0.142. The quantitative estimate of drug-likeness (QED) is 0.800. The van der Waals surface area contributed by atoms with Gasteiger partial charge in [-0.3, -0.25) is 4.79 Å². The van der Waals surface area contributed by atoms with Crippen LogP contribution >= 0.6 is 0 Å². The van der Waals surface area contributed by atoms with Crippen molar-refractivity contribution < 1.29 is 14.3 Å². The Morgan fingerprint density at radius 1 is 1.00 bits per heavy atom. The second kappa shape index (κ2) is 5.37. The van der Waals surface area contributed by atoms with E-state index >= 15 is 0 Å². The number of esters is 1. The number of cyclic esters (lactones) is 1. The summed E-state index contributed by atoms with van der Waals surface area (Å²) in [5, 5.41) is 0. The summed E-state index contributed by atoms with van der Waals surface area (Å²) in [6, 6.07) is 17.5. The molecular weight excluding hydrogens is 252 g/mol. The van der Waals surface area contributed by atoms with E-state index in [2.05, 4.69) is 0 Å². The minimum Gasteiger partial charge on any atom is -0.497 e. The number of methoxy groups -OCH3 is 1. The first-order valence-electron chi connectivity index (χ1n) is 6.67. The molecule has 0 radical (unpaired) electrons. The van der Waals surface area contributed by atoms with Crippen molar-refractivity contribution in [1.29, 1.82) is 0 Å². The van der Waals surface area contributed by atoms with Gasteiger partial charge in [0.05, 0.1) is 13.0 Å². The molecule has 0 amide bonds. The second-order valence-corrected chi connectivity index (χ2v) is 4.90. The molecule has 2 aromatic rings. The first-order chi connectivity index (χ1) is 9.78. The smallest absolute Gasteiger partial charge is 0.314 e. The van der Waals surface area contributed by atoms with E-state index < -0.39 is 0 Å². The number of rotatable bonds is 3. The van der Waals surface area contributed by atoms with Crippen molar-refractivity contribution >= 4 is 5.97 Å². The van der Waals surface area contributed by atoms with Gasteiger partial charge >= 0.3 is 5.97 Å². The summed E-state index contributed by atoms with van der Waals surface area (Å²) >= 11 is 0. The van der Waals surface area contributed by atoms with E-state index in [-0.39, 0.29) is 18.0 Å². The predicted molar refractivity (Wildman–Crippen MR) is 75.6 cm³/mol. The highest BCUT2D eigenvalue weighted by atomic mass is 16.6. The van der Waals surface area contributed by atoms with E-state index in [1.165, 1.54) is 0 Å². The molecule has 2 aromatic carbocycles. The molecular formula is C17H16O3. The zero-order valence-corrected chi connectivity index (χ0v) is 11.3. The van der Waals surface area contributed by atoms with Crippen molar-refractivity contribution in [2.45, 2.75) is 18.4 Å². The van der Waals surface area contributed by atoms with Crippen LogP contribution in [0.4, 0.5) is 0 Å². The third-order valence-corrected chi connectivity index (χ3v) is 3.68. The van der Waals surface area contributed by atoms with Gasteiger partial charge in [-0.1, -0.05) is 42.5 Å². The Kier molecular flexibility index (Phi) is 3.42. The average molecular weight is 268 g/mol. The summed E-state index contributed by atoms with van der Waals surface area (Å²) in [5.41, 5.74) is 2.03. The maximum atomic E-state index is 12.1. The van der Waals surface area contributed by atoms with Gasteiger partial charge in [-0.2, -0.15) is 0 Å². The van der Waals surface area contributed by atoms with Crippen LogP contribution in [0, 0.1) is 0 Å². The number of benzene rings is 2. The zero-order valence-electron chi connectivity index (χ0n) is 11.3. The average Bonchev–Trinajstić information content (AvgIpc) is 2.90. The molecule has 0 bridgehead atoms. The summed E-state index contributed by atoms with van der Waals surface area (Å²) < 4.78 is 10.6. The molecule has 3 nitrogen and oxygen atoms in total. The molecule has 0 unspecified atom stereocenters. The molecule has 3 rings (SSSR count). The molecule has 1 saturated heterocycles. The Bertz CT molecular complexity index is 589. The maximum Gasteiger partial charge on any atom is 0.314 e. The lowest BCUT2D eigenvalue weighted by Gasteiger charge is -2.08. The topological polar surface area (TPSA) is 35.5 Å². The SMILES string of the molecule is COc1ccc([C@H]2C[C@H](c3ccccc3)OC2=O)cc1. The van der Waals surface area contributed by atoms with Gasteiger partial charge in [-0.15, -0.1) is 0 Å². The summed E-state index contributed by atoms with van der Waals surface area (Å²) in [5.74, 6) is 0.454. The van der Waals surface area contributed by atoms with Crippen LogP contribution in [0.3, 0.4) is 0 Å². The molecule has 20 heavy (non-hydrogen) atoms. The Balaban J connectivity index is 1.80. The van der Waals surface area contributed by atoms with Crippen LogP contribution in [-0.2, 0) is 9.53 Å². The number of hydrogen-bond donors (Lipinski definition) is 0. The third kappa shape index (κ3) is 2.39. The molecule has 3 heteroatoms. The molecule has 2 atom stereocenters. The van der Waals surface area contributed by atoms with E-state index in [1.807, 2.05) is 54.6 Å². The van der Waals surface area contributed by atoms with Gasteiger partial charge in [-0.25, -0.2) is 0 Å². The van der Waals surface area contributed by atoms with Crippen LogP contribution in [0.25, 0.3) is 0 Å². The van der Waals surface area contributed by atoms with Gasteiger partial charge < -0.3 is 9.47 Å². The van der Waals surface area contributed by atoms with Gasteiger partial charge in [0.1, 0.15) is 11.9 Å². The first kappa shape index (κ1) is 12.7. The molecule has 0 aromatic heterocycles. The molecule has 1 fully saturated rings. The fourth-order valence-corrected chi connectivity index (χ4v) is 2.56. The van der Waals surface area contributed by atoms with Gasteiger partial charge in [-0.05, 0) is 23.3 Å². The van der Waals surface area contributed by atoms with Crippen molar-refractivity contribution in [2.24, 2.45) is 0 Å². The predicted octanol–water partition coefficient (Wildman–Crippen LogP) is 3.47. The molecule has 0 spiro atoms. The van der Waals surface area contributed by atoms with Crippen LogP contribution in [0.15, 0.2) is 54.6 Å². The fourth-order valence-electron chi connectivity index (χ4n) is 2.56. The number of carbonyl (C=O) groups excluding carboxylic acids is 1. The molecule has 102 valence electrons. The van der Waals surface area contributed by atoms with Crippen LogP contribution in [0.2, 0.25) is 0 Å². The van der Waals surface area contributed by atoms with Gasteiger partial charge in [0.15, 0.2) is 0 Å². The molecule has 1 aliphatic heterocycles. The van der Waals surface area contributed by atoms with E-state index in [0.29, 0.717) is 6.42 Å². The van der Waals surface area contributed by atoms with Crippen LogP contribution in [0.1, 0.15) is 29.6 Å². The maximum absolute atomic E-state index is 12.1. The first-order valence-corrected chi connectivity index (χ1v) is 6.67. The summed E-state index contributed by atoms with van der Waals surface area (Å²) in [4.78, 5) is 12.1. The minimum absolute atomic E-state index is 0.143. The zero-order chi connectivity index (χ0) is 13.9. The lowest BCUT2D eigenvalue weighted by atomic mass is 9.93. The van der Waals surface area contributed by atoms with E-state index in [4.69, 9.17) is 9.47 Å². The Morgan fingerprint density at radius 2 is 1.70 bits per heavy atom. The van der Waals surface area contributed by atoms with Crippen molar-refractivity contribution in [2.75, 3.05) is 7.11 Å². The number of hydrogen-bond acceptors (Lipinski definition) is 3. The summed E-state index contributed by atoms with van der Waals surface area (Å²) in [6.07, 6.45) is 0.547. The molecule has 1 heterocycles. The molecule has 1 aliphatic rings. The van der Waals surface area contributed by atoms with Crippen molar-refractivity contribution in [3.63, 3.8) is 0 Å². The van der Waals surface area contributed by atoms with Gasteiger partial charge in [0.25, 0.3) is 0 Å². The van der Waals surface area contributed by atoms with Crippen molar-refractivity contribution in [3.05, 3.63) is 65.7 Å². The van der Waals surface area contributed by atoms with Crippen molar-refractivity contribution in [3.8, 4) is 5.75 Å². The normalized spacial score (nSPS) is 21.6. The molecule has 0 N–H and O–H groups in total. The van der Waals surface area contributed by atoms with Crippen molar-refractivity contribution in [1.82, 2.24) is 0 Å². The van der Waals surface area contributed by atoms with Crippen LogP contribution in [0.5, 0.6) is 5.75 Å². The van der Waals surface area contributed by atoms with E-state index in [1.54, 1.807) is 7.11 Å². The minimum atomic E-state index is -0.189. The van der Waals surface area contributed by atoms with Crippen LogP contribution < -0.4 is 4.74 Å². The van der Waals surface area contributed by atoms with Gasteiger partial charge in [0.2, 0.25) is 0 Å². The fraction of sp³-hybridized carbons (Fsp3) is 0.235. The highest BCUT2D eigenvalue weighted by Crippen LogP contribution is 2.39. The molecule has 0 aliphatic carbocycles. The third-order valence-electron chi connectivity index (χ3n) is 3.68. The lowest BCUT2D eigenvalue weighted by Crippen LogP contribution is -2.05. The monoisotopic (exact) mass is 268 g/mol. The van der Waals surface area contributed by atoms with Gasteiger partial charge in [0, 0.05) is 6.42 Å². The number of ether oxygens (including phenoxy) is 2. The Morgan fingerprint density at radius 3 is 2.35 bits per heavy atom. The largest absolute Gasteiger partial charge is 0.497 e. The summed E-state index contributed by atoms with van der Waals surface area (Å²) in [6.45, 7) is 0.